The molecule has 1 saturated carbocycles. The molecule has 0 amide bonds. The van der Waals surface area contributed by atoms with Gasteiger partial charge < -0.3 is 9.84 Å². The molecule has 3 aromatic rings. The van der Waals surface area contributed by atoms with Gasteiger partial charge >= 0.3 is 5.97 Å². The molecule has 0 atom stereocenters. The number of para-hydroxylation sites is 1. The molecule has 4 heteroatoms. The van der Waals surface area contributed by atoms with E-state index in [1.165, 1.54) is 37.7 Å². The third-order valence-corrected chi connectivity index (χ3v) is 5.84. The number of hydrogen-bond acceptors (Lipinski definition) is 3. The molecule has 0 aliphatic heterocycles. The SMILES string of the molecule is O=C(O)c1ccc(COc2ccccc2C=Nc2ccc(C3CCCCC3)cc2)cc1. The average Bonchev–Trinajstić information content (AvgIpc) is 2.83. The molecule has 0 bridgehead atoms. The minimum Gasteiger partial charge on any atom is -0.488 e. The quantitative estimate of drug-likeness (QED) is 0.435. The predicted octanol–water partition coefficient (Wildman–Crippen LogP) is 6.76. The van der Waals surface area contributed by atoms with Crippen LogP contribution in [-0.2, 0) is 6.61 Å². The summed E-state index contributed by atoms with van der Waals surface area (Å²) in [5.41, 5.74) is 4.44. The molecule has 3 aromatic carbocycles. The van der Waals surface area contributed by atoms with Crippen molar-refractivity contribution < 1.29 is 14.6 Å². The van der Waals surface area contributed by atoms with Gasteiger partial charge in [-0.05, 0) is 66.3 Å². The summed E-state index contributed by atoms with van der Waals surface area (Å²) in [6.07, 6.45) is 8.47. The Hall–Kier alpha value is -3.40. The highest BCUT2D eigenvalue weighted by molar-refractivity contribution is 5.87. The molecular weight excluding hydrogens is 386 g/mol. The Balaban J connectivity index is 1.40. The summed E-state index contributed by atoms with van der Waals surface area (Å²) >= 11 is 0. The number of ether oxygens (including phenoxy) is 1. The van der Waals surface area contributed by atoms with E-state index in [0.717, 1.165) is 22.6 Å². The molecule has 1 aliphatic rings. The summed E-state index contributed by atoms with van der Waals surface area (Å²) in [6, 6.07) is 23.1. The maximum Gasteiger partial charge on any atom is 0.335 e. The Bertz CT molecular complexity index is 1030. The lowest BCUT2D eigenvalue weighted by Crippen LogP contribution is -2.03. The highest BCUT2D eigenvalue weighted by Gasteiger charge is 2.15. The molecule has 0 aromatic heterocycles. The first-order chi connectivity index (χ1) is 15.2. The van der Waals surface area contributed by atoms with Crippen LogP contribution in [0.15, 0.2) is 77.8 Å². The second-order valence-corrected chi connectivity index (χ2v) is 8.01. The number of hydrogen-bond donors (Lipinski definition) is 1. The van der Waals surface area contributed by atoms with Crippen molar-refractivity contribution >= 4 is 17.9 Å². The van der Waals surface area contributed by atoms with Crippen molar-refractivity contribution in [2.45, 2.75) is 44.6 Å². The summed E-state index contributed by atoms with van der Waals surface area (Å²) < 4.78 is 5.97. The number of aliphatic imine (C=N–C) groups is 1. The molecule has 4 nitrogen and oxygen atoms in total. The van der Waals surface area contributed by atoms with Crippen LogP contribution in [-0.4, -0.2) is 17.3 Å². The first-order valence-electron chi connectivity index (χ1n) is 10.9. The lowest BCUT2D eigenvalue weighted by molar-refractivity contribution is 0.0697. The molecule has 0 saturated heterocycles. The molecule has 1 N–H and O–H groups in total. The summed E-state index contributed by atoms with van der Waals surface area (Å²) in [6.45, 7) is 0.362. The van der Waals surface area contributed by atoms with Crippen LogP contribution in [0.25, 0.3) is 0 Å². The zero-order valence-corrected chi connectivity index (χ0v) is 17.5. The van der Waals surface area contributed by atoms with Crippen LogP contribution in [0.3, 0.4) is 0 Å². The maximum absolute atomic E-state index is 11.0. The van der Waals surface area contributed by atoms with Gasteiger partial charge in [0.05, 0.1) is 11.3 Å². The van der Waals surface area contributed by atoms with E-state index in [-0.39, 0.29) is 5.56 Å². The molecule has 0 unspecified atom stereocenters. The van der Waals surface area contributed by atoms with E-state index >= 15 is 0 Å². The van der Waals surface area contributed by atoms with E-state index in [1.807, 2.05) is 30.5 Å². The Labute approximate surface area is 183 Å². The fourth-order valence-electron chi connectivity index (χ4n) is 4.04. The molecule has 158 valence electrons. The largest absolute Gasteiger partial charge is 0.488 e. The van der Waals surface area contributed by atoms with Crippen molar-refractivity contribution in [3.63, 3.8) is 0 Å². The zero-order chi connectivity index (χ0) is 21.5. The summed E-state index contributed by atoms with van der Waals surface area (Å²) in [5.74, 6) is 0.513. The topological polar surface area (TPSA) is 58.9 Å². The van der Waals surface area contributed by atoms with Crippen LogP contribution in [0, 0.1) is 0 Å². The van der Waals surface area contributed by atoms with Crippen molar-refractivity contribution in [1.82, 2.24) is 0 Å². The number of aromatic carboxylic acids is 1. The predicted molar refractivity (Wildman–Crippen MR) is 124 cm³/mol. The molecule has 1 fully saturated rings. The molecule has 31 heavy (non-hydrogen) atoms. The first-order valence-corrected chi connectivity index (χ1v) is 10.9. The van der Waals surface area contributed by atoms with Crippen LogP contribution in [0.1, 0.15) is 65.1 Å². The number of rotatable bonds is 7. The second-order valence-electron chi connectivity index (χ2n) is 8.01. The second kappa shape index (κ2) is 10.1. The van der Waals surface area contributed by atoms with Gasteiger partial charge in [-0.1, -0.05) is 55.7 Å². The van der Waals surface area contributed by atoms with Gasteiger partial charge in [-0.25, -0.2) is 4.79 Å². The minimum absolute atomic E-state index is 0.269. The van der Waals surface area contributed by atoms with E-state index in [1.54, 1.807) is 24.3 Å². The molecular formula is C27H27NO3. The Morgan fingerprint density at radius 1 is 0.935 bits per heavy atom. The van der Waals surface area contributed by atoms with Gasteiger partial charge in [-0.3, -0.25) is 4.99 Å². The van der Waals surface area contributed by atoms with Gasteiger partial charge in [0.2, 0.25) is 0 Å². The van der Waals surface area contributed by atoms with Crippen LogP contribution < -0.4 is 4.74 Å². The van der Waals surface area contributed by atoms with Gasteiger partial charge in [0.25, 0.3) is 0 Å². The number of carboxylic acid groups (broad SMARTS) is 1. The highest BCUT2D eigenvalue weighted by atomic mass is 16.5. The number of carbonyl (C=O) groups is 1. The van der Waals surface area contributed by atoms with Gasteiger partial charge in [-0.2, -0.15) is 0 Å². The Morgan fingerprint density at radius 3 is 2.35 bits per heavy atom. The van der Waals surface area contributed by atoms with E-state index in [9.17, 15) is 4.79 Å². The van der Waals surface area contributed by atoms with Crippen LogP contribution >= 0.6 is 0 Å². The summed E-state index contributed by atoms with van der Waals surface area (Å²) in [7, 11) is 0. The fourth-order valence-corrected chi connectivity index (χ4v) is 4.04. The standard InChI is InChI=1S/C27H27NO3/c29-27(30)23-12-10-20(11-13-23)19-31-26-9-5-4-8-24(26)18-28-25-16-14-22(15-17-25)21-6-2-1-3-7-21/h4-5,8-18,21H,1-3,6-7,19H2,(H,29,30). The third kappa shape index (κ3) is 5.60. The number of nitrogens with zero attached hydrogens (tertiary/aromatic N) is 1. The minimum atomic E-state index is -0.930. The van der Waals surface area contributed by atoms with Crippen molar-refractivity contribution in [3.8, 4) is 5.75 Å². The Kier molecular flexibility index (Phi) is 6.78. The lowest BCUT2D eigenvalue weighted by Gasteiger charge is -2.21. The number of benzene rings is 3. The normalized spacial score (nSPS) is 14.6. The fraction of sp³-hybridized carbons (Fsp3) is 0.259. The smallest absolute Gasteiger partial charge is 0.335 e. The summed E-state index contributed by atoms with van der Waals surface area (Å²) in [4.78, 5) is 15.6. The molecule has 0 radical (unpaired) electrons. The van der Waals surface area contributed by atoms with Crippen molar-refractivity contribution in [3.05, 3.63) is 95.1 Å². The molecule has 0 spiro atoms. The molecule has 1 aliphatic carbocycles. The maximum atomic E-state index is 11.0. The number of carboxylic acids is 1. The third-order valence-electron chi connectivity index (χ3n) is 5.84. The van der Waals surface area contributed by atoms with Crippen LogP contribution in [0.4, 0.5) is 5.69 Å². The van der Waals surface area contributed by atoms with Crippen LogP contribution in [0.2, 0.25) is 0 Å². The first kappa shape index (κ1) is 20.9. The monoisotopic (exact) mass is 413 g/mol. The van der Waals surface area contributed by atoms with Gasteiger partial charge in [0, 0.05) is 11.8 Å². The van der Waals surface area contributed by atoms with E-state index in [2.05, 4.69) is 29.3 Å². The van der Waals surface area contributed by atoms with E-state index in [0.29, 0.717) is 12.5 Å². The van der Waals surface area contributed by atoms with Crippen molar-refractivity contribution in [2.24, 2.45) is 4.99 Å². The van der Waals surface area contributed by atoms with Crippen molar-refractivity contribution in [2.75, 3.05) is 0 Å². The highest BCUT2D eigenvalue weighted by Crippen LogP contribution is 2.33. The zero-order valence-electron chi connectivity index (χ0n) is 17.5. The van der Waals surface area contributed by atoms with Crippen molar-refractivity contribution in [1.29, 1.82) is 0 Å². The molecule has 0 heterocycles. The van der Waals surface area contributed by atoms with Crippen LogP contribution in [0.5, 0.6) is 5.75 Å². The van der Waals surface area contributed by atoms with E-state index in [4.69, 9.17) is 9.84 Å². The van der Waals surface area contributed by atoms with Gasteiger partial charge in [-0.15, -0.1) is 0 Å². The summed E-state index contributed by atoms with van der Waals surface area (Å²) in [5, 5.41) is 9.01. The molecule has 4 rings (SSSR count). The average molecular weight is 414 g/mol. The van der Waals surface area contributed by atoms with Gasteiger partial charge in [0.15, 0.2) is 0 Å². The van der Waals surface area contributed by atoms with Gasteiger partial charge in [0.1, 0.15) is 12.4 Å². The lowest BCUT2D eigenvalue weighted by atomic mass is 9.84. The Morgan fingerprint density at radius 2 is 1.65 bits per heavy atom. The van der Waals surface area contributed by atoms with E-state index < -0.39 is 5.97 Å².